The van der Waals surface area contributed by atoms with Crippen LogP contribution >= 0.6 is 0 Å². The maximum Gasteiger partial charge on any atom is 0.328 e. The maximum atomic E-state index is 10.5. The van der Waals surface area contributed by atoms with E-state index in [1.807, 2.05) is 30.3 Å². The van der Waals surface area contributed by atoms with Gasteiger partial charge in [-0.3, -0.25) is 0 Å². The molecule has 0 aliphatic carbocycles. The number of ether oxygens (including phenoxy) is 1. The van der Waals surface area contributed by atoms with Crippen molar-refractivity contribution in [3.63, 3.8) is 0 Å². The number of phenols is 1. The lowest BCUT2D eigenvalue weighted by atomic mass is 10.2. The van der Waals surface area contributed by atoms with Crippen LogP contribution in [0, 0.1) is 0 Å². The van der Waals surface area contributed by atoms with Crippen LogP contribution in [0.5, 0.6) is 11.5 Å². The van der Waals surface area contributed by atoms with Crippen LogP contribution in [-0.4, -0.2) is 16.2 Å². The largest absolute Gasteiger partial charge is 0.504 e. The number of carboxylic acid groups (broad SMARTS) is 1. The van der Waals surface area contributed by atoms with Gasteiger partial charge in [-0.05, 0) is 29.3 Å². The highest BCUT2D eigenvalue weighted by Crippen LogP contribution is 2.28. The van der Waals surface area contributed by atoms with E-state index in [1.165, 1.54) is 12.1 Å². The van der Waals surface area contributed by atoms with Crippen molar-refractivity contribution in [2.24, 2.45) is 0 Å². The summed E-state index contributed by atoms with van der Waals surface area (Å²) in [5, 5.41) is 18.3. The zero-order valence-electron chi connectivity index (χ0n) is 10.7. The Bertz CT molecular complexity index is 618. The average Bonchev–Trinajstić information content (AvgIpc) is 2.46. The number of rotatable bonds is 5. The molecule has 2 N–H and O–H groups in total. The number of aromatic hydroxyl groups is 1. The number of hydrogen-bond donors (Lipinski definition) is 2. The van der Waals surface area contributed by atoms with Gasteiger partial charge in [0.1, 0.15) is 6.61 Å². The molecule has 0 spiro atoms. The van der Waals surface area contributed by atoms with E-state index < -0.39 is 5.97 Å². The van der Waals surface area contributed by atoms with Gasteiger partial charge in [-0.1, -0.05) is 36.4 Å². The summed E-state index contributed by atoms with van der Waals surface area (Å²) in [6, 6.07) is 14.3. The SMILES string of the molecule is O=C(O)/C=C/c1ccc(O)c(OCc2ccccc2)c1. The predicted molar refractivity (Wildman–Crippen MR) is 75.6 cm³/mol. The number of hydrogen-bond acceptors (Lipinski definition) is 3. The minimum atomic E-state index is -1.02. The van der Waals surface area contributed by atoms with Gasteiger partial charge < -0.3 is 14.9 Å². The lowest BCUT2D eigenvalue weighted by molar-refractivity contribution is -0.131. The third-order valence-electron chi connectivity index (χ3n) is 2.64. The second kappa shape index (κ2) is 6.43. The summed E-state index contributed by atoms with van der Waals surface area (Å²) in [6.07, 6.45) is 2.48. The molecule has 0 heterocycles. The third kappa shape index (κ3) is 3.88. The fourth-order valence-electron chi connectivity index (χ4n) is 1.65. The molecule has 2 aromatic rings. The second-order valence-corrected chi connectivity index (χ2v) is 4.17. The average molecular weight is 270 g/mol. The summed E-state index contributed by atoms with van der Waals surface area (Å²) in [4.78, 5) is 10.5. The zero-order valence-corrected chi connectivity index (χ0v) is 10.7. The number of benzene rings is 2. The monoisotopic (exact) mass is 270 g/mol. The third-order valence-corrected chi connectivity index (χ3v) is 2.64. The molecule has 0 unspecified atom stereocenters. The molecular weight excluding hydrogens is 256 g/mol. The van der Waals surface area contributed by atoms with Crippen molar-refractivity contribution in [3.05, 3.63) is 65.7 Å². The van der Waals surface area contributed by atoms with Gasteiger partial charge in [0.15, 0.2) is 11.5 Å². The molecule has 4 heteroatoms. The van der Waals surface area contributed by atoms with E-state index in [9.17, 15) is 9.90 Å². The molecule has 20 heavy (non-hydrogen) atoms. The Kier molecular flexibility index (Phi) is 4.39. The van der Waals surface area contributed by atoms with Crippen LogP contribution in [0.3, 0.4) is 0 Å². The molecule has 4 nitrogen and oxygen atoms in total. The highest BCUT2D eigenvalue weighted by atomic mass is 16.5. The number of carboxylic acids is 1. The van der Waals surface area contributed by atoms with Gasteiger partial charge in [-0.15, -0.1) is 0 Å². The smallest absolute Gasteiger partial charge is 0.328 e. The van der Waals surface area contributed by atoms with Crippen molar-refractivity contribution in [2.75, 3.05) is 0 Å². The fourth-order valence-corrected chi connectivity index (χ4v) is 1.65. The summed E-state index contributed by atoms with van der Waals surface area (Å²) < 4.78 is 5.54. The van der Waals surface area contributed by atoms with Gasteiger partial charge in [0, 0.05) is 6.08 Å². The van der Waals surface area contributed by atoms with E-state index in [2.05, 4.69) is 0 Å². The van der Waals surface area contributed by atoms with E-state index in [1.54, 1.807) is 12.1 Å². The van der Waals surface area contributed by atoms with Crippen molar-refractivity contribution >= 4 is 12.0 Å². The molecule has 0 saturated heterocycles. The van der Waals surface area contributed by atoms with Crippen LogP contribution in [0.25, 0.3) is 6.08 Å². The van der Waals surface area contributed by atoms with Crippen LogP contribution in [0.1, 0.15) is 11.1 Å². The summed E-state index contributed by atoms with van der Waals surface area (Å²) in [7, 11) is 0. The molecule has 0 aliphatic rings. The Morgan fingerprint density at radius 1 is 1.15 bits per heavy atom. The Labute approximate surface area is 116 Å². The van der Waals surface area contributed by atoms with Crippen LogP contribution < -0.4 is 4.74 Å². The van der Waals surface area contributed by atoms with E-state index in [0.29, 0.717) is 17.9 Å². The van der Waals surface area contributed by atoms with Crippen molar-refractivity contribution < 1.29 is 19.7 Å². The molecule has 0 saturated carbocycles. The normalized spacial score (nSPS) is 10.6. The van der Waals surface area contributed by atoms with Crippen LogP contribution in [0.4, 0.5) is 0 Å². The molecule has 0 aromatic heterocycles. The first kappa shape index (κ1) is 13.7. The lowest BCUT2D eigenvalue weighted by Crippen LogP contribution is -1.95. The maximum absolute atomic E-state index is 10.5. The molecule has 0 fully saturated rings. The first-order valence-corrected chi connectivity index (χ1v) is 6.06. The highest BCUT2D eigenvalue weighted by molar-refractivity contribution is 5.85. The molecule has 0 amide bonds. The molecule has 0 atom stereocenters. The van der Waals surface area contributed by atoms with Crippen molar-refractivity contribution in [1.82, 2.24) is 0 Å². The van der Waals surface area contributed by atoms with E-state index in [-0.39, 0.29) is 5.75 Å². The Morgan fingerprint density at radius 3 is 2.60 bits per heavy atom. The number of carbonyl (C=O) groups is 1. The quantitative estimate of drug-likeness (QED) is 0.819. The number of phenolic OH excluding ortho intramolecular Hbond substituents is 1. The van der Waals surface area contributed by atoms with Gasteiger partial charge >= 0.3 is 5.97 Å². The van der Waals surface area contributed by atoms with Crippen molar-refractivity contribution in [2.45, 2.75) is 6.61 Å². The Morgan fingerprint density at radius 2 is 1.90 bits per heavy atom. The molecule has 0 aliphatic heterocycles. The summed E-state index contributed by atoms with van der Waals surface area (Å²) in [6.45, 7) is 0.334. The molecule has 2 aromatic carbocycles. The lowest BCUT2D eigenvalue weighted by Gasteiger charge is -2.09. The Hall–Kier alpha value is -2.75. The molecule has 102 valence electrons. The standard InChI is InChI=1S/C16H14O4/c17-14-8-6-12(7-9-16(18)19)10-15(14)20-11-13-4-2-1-3-5-13/h1-10,17H,11H2,(H,18,19)/b9-7+. The topological polar surface area (TPSA) is 66.8 Å². The van der Waals surface area contributed by atoms with Crippen LogP contribution in [-0.2, 0) is 11.4 Å². The zero-order chi connectivity index (χ0) is 14.4. The Balaban J connectivity index is 2.10. The summed E-state index contributed by atoms with van der Waals surface area (Å²) in [5.74, 6) is -0.681. The first-order chi connectivity index (χ1) is 9.65. The number of aliphatic carboxylic acids is 1. The molecule has 0 radical (unpaired) electrons. The first-order valence-electron chi connectivity index (χ1n) is 6.06. The predicted octanol–water partition coefficient (Wildman–Crippen LogP) is 3.07. The molecule has 2 rings (SSSR count). The minimum Gasteiger partial charge on any atom is -0.504 e. The van der Waals surface area contributed by atoms with E-state index in [4.69, 9.17) is 9.84 Å². The van der Waals surface area contributed by atoms with Gasteiger partial charge in [-0.25, -0.2) is 4.79 Å². The minimum absolute atomic E-state index is 0.0217. The van der Waals surface area contributed by atoms with Gasteiger partial charge in [-0.2, -0.15) is 0 Å². The second-order valence-electron chi connectivity index (χ2n) is 4.17. The van der Waals surface area contributed by atoms with Gasteiger partial charge in [0.2, 0.25) is 0 Å². The van der Waals surface area contributed by atoms with Crippen molar-refractivity contribution in [3.8, 4) is 11.5 Å². The molecule has 0 bridgehead atoms. The van der Waals surface area contributed by atoms with Gasteiger partial charge in [0.25, 0.3) is 0 Å². The van der Waals surface area contributed by atoms with Crippen molar-refractivity contribution in [1.29, 1.82) is 0 Å². The van der Waals surface area contributed by atoms with Crippen LogP contribution in [0.2, 0.25) is 0 Å². The van der Waals surface area contributed by atoms with Gasteiger partial charge in [0.05, 0.1) is 0 Å². The fraction of sp³-hybridized carbons (Fsp3) is 0.0625. The highest BCUT2D eigenvalue weighted by Gasteiger charge is 2.03. The molecular formula is C16H14O4. The van der Waals surface area contributed by atoms with E-state index >= 15 is 0 Å². The van der Waals surface area contributed by atoms with Crippen LogP contribution in [0.15, 0.2) is 54.6 Å². The summed E-state index contributed by atoms with van der Waals surface area (Å²) >= 11 is 0. The van der Waals surface area contributed by atoms with E-state index in [0.717, 1.165) is 11.6 Å². The summed E-state index contributed by atoms with van der Waals surface area (Å²) in [5.41, 5.74) is 1.63.